The van der Waals surface area contributed by atoms with Gasteiger partial charge in [-0.1, -0.05) is 48.5 Å². The quantitative estimate of drug-likeness (QED) is 0.652. The van der Waals surface area contributed by atoms with Crippen molar-refractivity contribution in [2.75, 3.05) is 0 Å². The molecule has 1 atom stereocenters. The van der Waals surface area contributed by atoms with Crippen molar-refractivity contribution in [3.05, 3.63) is 71.9 Å². The maximum atomic E-state index is 12.3. The van der Waals surface area contributed by atoms with Crippen molar-refractivity contribution >= 4 is 22.8 Å². The van der Waals surface area contributed by atoms with Gasteiger partial charge in [0.05, 0.1) is 6.42 Å². The Kier molecular flexibility index (Phi) is 4.61. The highest BCUT2D eigenvalue weighted by Crippen LogP contribution is 2.18. The van der Waals surface area contributed by atoms with E-state index in [1.165, 1.54) is 0 Å². The summed E-state index contributed by atoms with van der Waals surface area (Å²) in [4.78, 5) is 26.8. The second-order valence-corrected chi connectivity index (χ2v) is 5.68. The van der Waals surface area contributed by atoms with Crippen LogP contribution in [0.1, 0.15) is 11.1 Å². The van der Waals surface area contributed by atoms with E-state index in [0.29, 0.717) is 0 Å². The Labute approximate surface area is 139 Å². The largest absolute Gasteiger partial charge is 0.480 e. The van der Waals surface area contributed by atoms with E-state index in [1.54, 1.807) is 6.20 Å². The summed E-state index contributed by atoms with van der Waals surface area (Å²) in [6.45, 7) is 0. The number of hydrogen-bond acceptors (Lipinski definition) is 2. The number of aliphatic carboxylic acids is 1. The van der Waals surface area contributed by atoms with Gasteiger partial charge < -0.3 is 15.4 Å². The molecule has 0 spiro atoms. The summed E-state index contributed by atoms with van der Waals surface area (Å²) < 4.78 is 0. The zero-order valence-electron chi connectivity index (χ0n) is 13.0. The Morgan fingerprint density at radius 1 is 1.04 bits per heavy atom. The summed E-state index contributed by atoms with van der Waals surface area (Å²) in [7, 11) is 0. The molecule has 3 N–H and O–H groups in total. The Balaban J connectivity index is 1.68. The van der Waals surface area contributed by atoms with Gasteiger partial charge in [0.15, 0.2) is 0 Å². The number of carbonyl (C=O) groups excluding carboxylic acids is 1. The van der Waals surface area contributed by atoms with E-state index in [9.17, 15) is 14.7 Å². The third-order valence-corrected chi connectivity index (χ3v) is 3.94. The van der Waals surface area contributed by atoms with E-state index in [2.05, 4.69) is 10.3 Å². The van der Waals surface area contributed by atoms with Gasteiger partial charge in [0, 0.05) is 23.5 Å². The molecule has 0 aliphatic heterocycles. The van der Waals surface area contributed by atoms with Crippen LogP contribution < -0.4 is 5.32 Å². The minimum atomic E-state index is -1.04. The molecule has 0 saturated heterocycles. The second kappa shape index (κ2) is 7.00. The van der Waals surface area contributed by atoms with Crippen LogP contribution in [0.25, 0.3) is 10.9 Å². The average Bonchev–Trinajstić information content (AvgIpc) is 2.98. The lowest BCUT2D eigenvalue weighted by Crippen LogP contribution is -2.43. The van der Waals surface area contributed by atoms with Gasteiger partial charge in [0.1, 0.15) is 6.04 Å². The number of para-hydroxylation sites is 1. The van der Waals surface area contributed by atoms with Gasteiger partial charge in [0.25, 0.3) is 0 Å². The van der Waals surface area contributed by atoms with Crippen LogP contribution in [0, 0.1) is 0 Å². The first kappa shape index (κ1) is 15.8. The van der Waals surface area contributed by atoms with Crippen molar-refractivity contribution in [2.24, 2.45) is 0 Å². The summed E-state index contributed by atoms with van der Waals surface area (Å²) in [5.41, 5.74) is 2.68. The van der Waals surface area contributed by atoms with Crippen molar-refractivity contribution in [2.45, 2.75) is 18.9 Å². The molecular formula is C19H18N2O3. The minimum Gasteiger partial charge on any atom is -0.480 e. The van der Waals surface area contributed by atoms with Gasteiger partial charge >= 0.3 is 5.97 Å². The van der Waals surface area contributed by atoms with Crippen LogP contribution >= 0.6 is 0 Å². The van der Waals surface area contributed by atoms with Crippen molar-refractivity contribution < 1.29 is 14.7 Å². The number of carbonyl (C=O) groups is 2. The van der Waals surface area contributed by atoms with E-state index in [0.717, 1.165) is 22.0 Å². The Morgan fingerprint density at radius 3 is 2.50 bits per heavy atom. The zero-order valence-corrected chi connectivity index (χ0v) is 13.0. The Bertz CT molecular complexity index is 855. The first-order valence-electron chi connectivity index (χ1n) is 7.74. The summed E-state index contributed by atoms with van der Waals surface area (Å²) in [5, 5.41) is 13.0. The lowest BCUT2D eigenvalue weighted by atomic mass is 10.1. The van der Waals surface area contributed by atoms with Crippen LogP contribution in [0.3, 0.4) is 0 Å². The van der Waals surface area contributed by atoms with Gasteiger partial charge in [0.2, 0.25) is 5.91 Å². The minimum absolute atomic E-state index is 0.141. The molecule has 0 unspecified atom stereocenters. The Morgan fingerprint density at radius 2 is 1.75 bits per heavy atom. The maximum Gasteiger partial charge on any atom is 0.326 e. The van der Waals surface area contributed by atoms with Crippen LogP contribution in [0.4, 0.5) is 0 Å². The van der Waals surface area contributed by atoms with E-state index >= 15 is 0 Å². The van der Waals surface area contributed by atoms with Crippen LogP contribution in [-0.4, -0.2) is 28.0 Å². The van der Waals surface area contributed by atoms with Crippen molar-refractivity contribution in [3.63, 3.8) is 0 Å². The predicted octanol–water partition coefficient (Wildman–Crippen LogP) is 2.52. The summed E-state index contributed by atoms with van der Waals surface area (Å²) in [5.74, 6) is -1.34. The molecule has 1 heterocycles. The van der Waals surface area contributed by atoms with Crippen molar-refractivity contribution in [3.8, 4) is 0 Å². The standard InChI is InChI=1S/C19H18N2O3/c22-18(11-14-12-20-16-9-5-4-8-15(14)16)21-17(19(23)24)10-13-6-2-1-3-7-13/h1-9,12,17,20H,10-11H2,(H,21,22)(H,23,24)/t17-/m0/s1. The molecule has 3 rings (SSSR count). The number of fused-ring (bicyclic) bond motifs is 1. The average molecular weight is 322 g/mol. The molecule has 0 aliphatic rings. The van der Waals surface area contributed by atoms with E-state index in [4.69, 9.17) is 0 Å². The summed E-state index contributed by atoms with van der Waals surface area (Å²) >= 11 is 0. The van der Waals surface area contributed by atoms with Gasteiger partial charge in [-0.2, -0.15) is 0 Å². The number of hydrogen-bond donors (Lipinski definition) is 3. The highest BCUT2D eigenvalue weighted by atomic mass is 16.4. The maximum absolute atomic E-state index is 12.3. The highest BCUT2D eigenvalue weighted by Gasteiger charge is 2.21. The fraction of sp³-hybridized carbons (Fsp3) is 0.158. The molecule has 1 aromatic heterocycles. The highest BCUT2D eigenvalue weighted by molar-refractivity contribution is 5.90. The monoisotopic (exact) mass is 322 g/mol. The molecule has 5 nitrogen and oxygen atoms in total. The third kappa shape index (κ3) is 3.63. The van der Waals surface area contributed by atoms with Crippen LogP contribution in [0.15, 0.2) is 60.8 Å². The molecular weight excluding hydrogens is 304 g/mol. The molecule has 24 heavy (non-hydrogen) atoms. The molecule has 2 aromatic carbocycles. The zero-order chi connectivity index (χ0) is 16.9. The lowest BCUT2D eigenvalue weighted by molar-refractivity contribution is -0.141. The molecule has 1 amide bonds. The second-order valence-electron chi connectivity index (χ2n) is 5.68. The number of H-pyrrole nitrogens is 1. The summed E-state index contributed by atoms with van der Waals surface area (Å²) in [6.07, 6.45) is 2.19. The first-order valence-corrected chi connectivity index (χ1v) is 7.74. The SMILES string of the molecule is O=C(Cc1c[nH]c2ccccc12)N[C@@H](Cc1ccccc1)C(=O)O. The molecule has 122 valence electrons. The number of amides is 1. The van der Waals surface area contributed by atoms with Gasteiger partial charge in [-0.3, -0.25) is 4.79 Å². The number of aromatic amines is 1. The van der Waals surface area contributed by atoms with E-state index in [-0.39, 0.29) is 18.7 Å². The molecule has 0 saturated carbocycles. The molecule has 3 aromatic rings. The fourth-order valence-electron chi connectivity index (χ4n) is 2.75. The third-order valence-electron chi connectivity index (χ3n) is 3.94. The van der Waals surface area contributed by atoms with Gasteiger partial charge in [-0.25, -0.2) is 4.79 Å². The van der Waals surface area contributed by atoms with E-state index in [1.807, 2.05) is 54.6 Å². The van der Waals surface area contributed by atoms with E-state index < -0.39 is 12.0 Å². The normalized spacial score (nSPS) is 12.0. The number of nitrogens with one attached hydrogen (secondary N) is 2. The molecule has 0 aliphatic carbocycles. The topological polar surface area (TPSA) is 82.2 Å². The number of carboxylic acid groups (broad SMARTS) is 1. The van der Waals surface area contributed by atoms with Crippen LogP contribution in [0.5, 0.6) is 0 Å². The first-order chi connectivity index (χ1) is 11.6. The Hall–Kier alpha value is -3.08. The van der Waals surface area contributed by atoms with Gasteiger partial charge in [-0.05, 0) is 17.2 Å². The van der Waals surface area contributed by atoms with Crippen molar-refractivity contribution in [1.82, 2.24) is 10.3 Å². The number of carboxylic acids is 1. The molecule has 0 fully saturated rings. The summed E-state index contributed by atoms with van der Waals surface area (Å²) in [6, 6.07) is 16.0. The fourth-order valence-corrected chi connectivity index (χ4v) is 2.75. The van der Waals surface area contributed by atoms with Crippen molar-refractivity contribution in [1.29, 1.82) is 0 Å². The van der Waals surface area contributed by atoms with Crippen LogP contribution in [0.2, 0.25) is 0 Å². The number of rotatable bonds is 6. The number of benzene rings is 2. The molecule has 0 radical (unpaired) electrons. The predicted molar refractivity (Wildman–Crippen MR) is 91.7 cm³/mol. The molecule has 5 heteroatoms. The molecule has 0 bridgehead atoms. The smallest absolute Gasteiger partial charge is 0.326 e. The number of aromatic nitrogens is 1. The lowest BCUT2D eigenvalue weighted by Gasteiger charge is -2.14. The van der Waals surface area contributed by atoms with Gasteiger partial charge in [-0.15, -0.1) is 0 Å². The van der Waals surface area contributed by atoms with Crippen LogP contribution in [-0.2, 0) is 22.4 Å².